The summed E-state index contributed by atoms with van der Waals surface area (Å²) in [5, 5.41) is 12.6. The van der Waals surface area contributed by atoms with Gasteiger partial charge < -0.3 is 20.1 Å². The van der Waals surface area contributed by atoms with Gasteiger partial charge in [0.05, 0.1) is 13.2 Å². The highest BCUT2D eigenvalue weighted by Crippen LogP contribution is 2.34. The molecule has 0 aromatic heterocycles. The summed E-state index contributed by atoms with van der Waals surface area (Å²) in [5.41, 5.74) is 0.661. The molecular weight excluding hydrogens is 454 g/mol. The van der Waals surface area contributed by atoms with Crippen LogP contribution in [0.25, 0.3) is 0 Å². The normalized spacial score (nSPS) is 20.9. The third kappa shape index (κ3) is 7.11. The molecule has 0 unspecified atom stereocenters. The molecule has 0 saturated heterocycles. The molecule has 0 bridgehead atoms. The van der Waals surface area contributed by atoms with Gasteiger partial charge in [-0.2, -0.15) is 4.31 Å². The second-order valence-electron chi connectivity index (χ2n) is 9.79. The van der Waals surface area contributed by atoms with Crippen molar-refractivity contribution >= 4 is 16.1 Å². The number of benzene rings is 1. The zero-order valence-electron chi connectivity index (χ0n) is 21.3. The molecule has 1 aliphatic rings. The number of carbonyl (C=O) groups excluding carboxylic acids is 1. The summed E-state index contributed by atoms with van der Waals surface area (Å²) in [7, 11) is -2.23. The van der Waals surface area contributed by atoms with Crippen molar-refractivity contribution in [2.45, 2.75) is 71.0 Å². The maximum Gasteiger partial charge on any atom is 0.317 e. The van der Waals surface area contributed by atoms with E-state index in [9.17, 15) is 18.3 Å². The number of hydrogen-bond acceptors (Lipinski definition) is 5. The number of amides is 2. The number of aliphatic hydroxyl groups excluding tert-OH is 1. The van der Waals surface area contributed by atoms with Crippen molar-refractivity contribution in [3.8, 4) is 17.6 Å². The predicted molar refractivity (Wildman–Crippen MR) is 133 cm³/mol. The monoisotopic (exact) mass is 493 g/mol. The molecule has 0 fully saturated rings. The lowest BCUT2D eigenvalue weighted by molar-refractivity contribution is 0.0809. The van der Waals surface area contributed by atoms with Crippen molar-refractivity contribution in [2.75, 3.05) is 26.7 Å². The van der Waals surface area contributed by atoms with Gasteiger partial charge in [-0.1, -0.05) is 32.6 Å². The van der Waals surface area contributed by atoms with E-state index in [4.69, 9.17) is 4.74 Å². The van der Waals surface area contributed by atoms with Crippen molar-refractivity contribution in [2.24, 2.45) is 11.8 Å². The van der Waals surface area contributed by atoms with Gasteiger partial charge in [0.15, 0.2) is 0 Å². The number of likely N-dealkylation sites (N-methyl/N-ethyl adjacent to an activating group) is 1. The first kappa shape index (κ1) is 28.0. The molecule has 2 amide bonds. The van der Waals surface area contributed by atoms with Gasteiger partial charge in [-0.15, -0.1) is 0 Å². The summed E-state index contributed by atoms with van der Waals surface area (Å²) >= 11 is 0. The van der Waals surface area contributed by atoms with E-state index < -0.39 is 22.2 Å². The average molecular weight is 494 g/mol. The van der Waals surface area contributed by atoms with Crippen LogP contribution in [-0.2, 0) is 10.0 Å². The van der Waals surface area contributed by atoms with Crippen LogP contribution >= 0.6 is 0 Å². The van der Waals surface area contributed by atoms with Crippen LogP contribution < -0.4 is 10.1 Å². The third-order valence-corrected chi connectivity index (χ3v) is 7.64. The van der Waals surface area contributed by atoms with Crippen molar-refractivity contribution in [1.29, 1.82) is 0 Å². The summed E-state index contributed by atoms with van der Waals surface area (Å²) < 4.78 is 34.6. The highest BCUT2D eigenvalue weighted by Gasteiger charge is 2.38. The molecule has 3 atom stereocenters. The number of nitrogens with zero attached hydrogens (tertiary/aromatic N) is 2. The maximum atomic E-state index is 13.5. The minimum absolute atomic E-state index is 0.00985. The number of hydrogen-bond donors (Lipinski definition) is 2. The largest absolute Gasteiger partial charge is 0.487 e. The smallest absolute Gasteiger partial charge is 0.317 e. The van der Waals surface area contributed by atoms with Gasteiger partial charge in [0.2, 0.25) is 10.0 Å². The first-order valence-corrected chi connectivity index (χ1v) is 13.2. The van der Waals surface area contributed by atoms with Crippen LogP contribution in [-0.4, -0.2) is 73.7 Å². The van der Waals surface area contributed by atoms with Gasteiger partial charge >= 0.3 is 6.03 Å². The molecule has 0 aliphatic carbocycles. The van der Waals surface area contributed by atoms with Crippen LogP contribution in [0.4, 0.5) is 4.79 Å². The third-order valence-electron chi connectivity index (χ3n) is 5.62. The quantitative estimate of drug-likeness (QED) is 0.594. The highest BCUT2D eigenvalue weighted by atomic mass is 32.2. The fourth-order valence-corrected chi connectivity index (χ4v) is 5.41. The number of fused-ring (bicyclic) bond motifs is 1. The van der Waals surface area contributed by atoms with Crippen molar-refractivity contribution in [3.05, 3.63) is 23.8 Å². The molecule has 0 spiro atoms. The Labute approximate surface area is 204 Å². The van der Waals surface area contributed by atoms with Gasteiger partial charge in [-0.05, 0) is 44.9 Å². The molecule has 0 radical (unpaired) electrons. The van der Waals surface area contributed by atoms with E-state index in [-0.39, 0.29) is 48.3 Å². The first-order chi connectivity index (χ1) is 15.9. The topological polar surface area (TPSA) is 99.2 Å². The molecule has 9 heteroatoms. The van der Waals surface area contributed by atoms with Gasteiger partial charge in [0.1, 0.15) is 16.7 Å². The Kier molecular flexibility index (Phi) is 9.80. The Morgan fingerprint density at radius 3 is 2.56 bits per heavy atom. The van der Waals surface area contributed by atoms with Crippen LogP contribution in [0.15, 0.2) is 23.1 Å². The minimum atomic E-state index is -3.91. The number of sulfonamides is 1. The lowest BCUT2D eigenvalue weighted by Crippen LogP contribution is -2.51. The molecule has 2 rings (SSSR count). The molecule has 2 N–H and O–H groups in total. The molecule has 0 saturated carbocycles. The Balaban J connectivity index is 2.50. The fraction of sp³-hybridized carbons (Fsp3) is 0.640. The summed E-state index contributed by atoms with van der Waals surface area (Å²) in [6, 6.07) is 4.01. The average Bonchev–Trinajstić information content (AvgIpc) is 2.74. The summed E-state index contributed by atoms with van der Waals surface area (Å²) in [6.07, 6.45) is 0.261. The van der Waals surface area contributed by atoms with Crippen LogP contribution in [0, 0.1) is 23.7 Å². The standard InChI is InChI=1S/C25H39N3O5S/c1-17(2)9-8-10-21-11-12-24-22(13-21)33-23(15-27(7)25(30)26-18(3)4)19(5)14-28(20(6)16-29)34(24,31)32/h11-13,17-20,23,29H,9,14-16H2,1-7H3,(H,26,30)/t19-,20-,23-/m1/s1. The van der Waals surface area contributed by atoms with E-state index in [1.807, 2.05) is 20.8 Å². The number of ether oxygens (including phenoxy) is 1. The summed E-state index contributed by atoms with van der Waals surface area (Å²) in [6.45, 7) is 11.6. The van der Waals surface area contributed by atoms with Crippen molar-refractivity contribution in [1.82, 2.24) is 14.5 Å². The van der Waals surface area contributed by atoms with E-state index in [0.717, 1.165) is 6.42 Å². The van der Waals surface area contributed by atoms with Gasteiger partial charge in [0, 0.05) is 43.6 Å². The SMILES string of the molecule is CC(C)CC#Cc1ccc2c(c1)O[C@H](CN(C)C(=O)NC(C)C)[C@H](C)CN([C@H](C)CO)S2(=O)=O. The van der Waals surface area contributed by atoms with E-state index in [1.54, 1.807) is 31.0 Å². The molecule has 190 valence electrons. The molecular formula is C25H39N3O5S. The highest BCUT2D eigenvalue weighted by molar-refractivity contribution is 7.89. The fourth-order valence-electron chi connectivity index (χ4n) is 3.59. The van der Waals surface area contributed by atoms with Crippen LogP contribution in [0.5, 0.6) is 5.75 Å². The molecule has 1 aliphatic heterocycles. The van der Waals surface area contributed by atoms with Gasteiger partial charge in [-0.25, -0.2) is 13.2 Å². The summed E-state index contributed by atoms with van der Waals surface area (Å²) in [4.78, 5) is 14.1. The van der Waals surface area contributed by atoms with Gasteiger partial charge in [0.25, 0.3) is 0 Å². The second-order valence-corrected chi connectivity index (χ2v) is 11.6. The first-order valence-electron chi connectivity index (χ1n) is 11.8. The number of urea groups is 1. The Morgan fingerprint density at radius 2 is 1.97 bits per heavy atom. The molecule has 34 heavy (non-hydrogen) atoms. The van der Waals surface area contributed by atoms with Crippen LogP contribution in [0.2, 0.25) is 0 Å². The zero-order chi connectivity index (χ0) is 25.6. The molecule has 8 nitrogen and oxygen atoms in total. The van der Waals surface area contributed by atoms with Gasteiger partial charge in [-0.3, -0.25) is 0 Å². The lowest BCUT2D eigenvalue weighted by atomic mass is 10.0. The summed E-state index contributed by atoms with van der Waals surface area (Å²) in [5.74, 6) is 6.60. The minimum Gasteiger partial charge on any atom is -0.487 e. The second kappa shape index (κ2) is 11.9. The van der Waals surface area contributed by atoms with Crippen molar-refractivity contribution < 1.29 is 23.1 Å². The number of nitrogens with one attached hydrogen (secondary N) is 1. The van der Waals surface area contributed by atoms with E-state index >= 15 is 0 Å². The van der Waals surface area contributed by atoms with Crippen molar-refractivity contribution in [3.63, 3.8) is 0 Å². The van der Waals surface area contributed by atoms with Crippen LogP contribution in [0.1, 0.15) is 53.5 Å². The molecule has 1 aromatic carbocycles. The molecule has 1 aromatic rings. The lowest BCUT2D eigenvalue weighted by Gasteiger charge is -2.37. The number of rotatable bonds is 6. The van der Waals surface area contributed by atoms with E-state index in [2.05, 4.69) is 31.0 Å². The maximum absolute atomic E-state index is 13.5. The number of aliphatic hydroxyl groups is 1. The Morgan fingerprint density at radius 1 is 1.29 bits per heavy atom. The Bertz CT molecular complexity index is 1010. The van der Waals surface area contributed by atoms with Crippen LogP contribution in [0.3, 0.4) is 0 Å². The Hall–Kier alpha value is -2.28. The number of carbonyl (C=O) groups is 1. The van der Waals surface area contributed by atoms with E-state index in [1.165, 1.54) is 10.4 Å². The zero-order valence-corrected chi connectivity index (χ0v) is 22.1. The predicted octanol–water partition coefficient (Wildman–Crippen LogP) is 2.90. The van der Waals surface area contributed by atoms with E-state index in [0.29, 0.717) is 11.5 Å². The molecule has 1 heterocycles.